The second kappa shape index (κ2) is 4.27. The minimum atomic E-state index is -0.890. The summed E-state index contributed by atoms with van der Waals surface area (Å²) in [6.45, 7) is 1.71. The molecule has 0 saturated carbocycles. The second-order valence-electron chi connectivity index (χ2n) is 3.09. The zero-order chi connectivity index (χ0) is 9.73. The number of hydrogen-bond acceptors (Lipinski definition) is 2. The van der Waals surface area contributed by atoms with E-state index in [1.807, 2.05) is 23.6 Å². The molecule has 0 radical (unpaired) electrons. The van der Waals surface area contributed by atoms with Crippen LogP contribution in [0.5, 0.6) is 0 Å². The van der Waals surface area contributed by atoms with E-state index in [0.29, 0.717) is 6.42 Å². The third-order valence-corrected chi connectivity index (χ3v) is 2.45. The molecule has 0 saturated heterocycles. The van der Waals surface area contributed by atoms with E-state index in [-0.39, 0.29) is 0 Å². The lowest BCUT2D eigenvalue weighted by Gasteiger charge is -2.14. The van der Waals surface area contributed by atoms with Gasteiger partial charge in [0.2, 0.25) is 0 Å². The van der Waals surface area contributed by atoms with Crippen LogP contribution in [0.3, 0.4) is 0 Å². The Labute approximate surface area is 82.7 Å². The Morgan fingerprint density at radius 2 is 2.54 bits per heavy atom. The highest BCUT2D eigenvalue weighted by Gasteiger charge is 2.13. The summed E-state index contributed by atoms with van der Waals surface area (Å²) in [7, 11) is 0. The lowest BCUT2D eigenvalue weighted by Crippen LogP contribution is -2.19. The first kappa shape index (κ1) is 10.0. The highest BCUT2D eigenvalue weighted by atomic mass is 32.1. The molecular formula is C11H12OS. The summed E-state index contributed by atoms with van der Waals surface area (Å²) >= 11 is 1.63. The summed E-state index contributed by atoms with van der Waals surface area (Å²) in [6, 6.07) is 3.97. The normalized spacial score (nSPS) is 15.5. The van der Waals surface area contributed by atoms with Crippen molar-refractivity contribution >= 4 is 17.4 Å². The second-order valence-corrected chi connectivity index (χ2v) is 4.07. The number of rotatable bonds is 3. The lowest BCUT2D eigenvalue weighted by atomic mass is 10.0. The van der Waals surface area contributed by atoms with Gasteiger partial charge in [0, 0.05) is 11.3 Å². The molecule has 1 nitrogen and oxygen atoms in total. The summed E-state index contributed by atoms with van der Waals surface area (Å²) in [5, 5.41) is 11.7. The van der Waals surface area contributed by atoms with Gasteiger partial charge in [0.05, 0.1) is 5.60 Å². The molecule has 1 heterocycles. The molecule has 13 heavy (non-hydrogen) atoms. The molecule has 0 fully saturated rings. The zero-order valence-electron chi connectivity index (χ0n) is 7.53. The van der Waals surface area contributed by atoms with Crippen LogP contribution < -0.4 is 0 Å². The number of terminal acetylenes is 1. The summed E-state index contributed by atoms with van der Waals surface area (Å²) in [6.07, 6.45) is 9.09. The molecule has 0 amide bonds. The van der Waals surface area contributed by atoms with Gasteiger partial charge in [0.1, 0.15) is 0 Å². The Hall–Kier alpha value is -1.04. The maximum atomic E-state index is 9.69. The molecule has 1 unspecified atom stereocenters. The summed E-state index contributed by atoms with van der Waals surface area (Å²) in [5.74, 6) is 2.44. The number of thiophene rings is 1. The average molecular weight is 192 g/mol. The Bertz CT molecular complexity index is 314. The fourth-order valence-electron chi connectivity index (χ4n) is 0.913. The van der Waals surface area contributed by atoms with Crippen LogP contribution in [0.15, 0.2) is 23.6 Å². The van der Waals surface area contributed by atoms with Crippen molar-refractivity contribution in [3.05, 3.63) is 28.5 Å². The minimum absolute atomic E-state index is 0.342. The molecular weight excluding hydrogens is 180 g/mol. The van der Waals surface area contributed by atoms with E-state index in [0.717, 1.165) is 4.88 Å². The van der Waals surface area contributed by atoms with Crippen LogP contribution in [0.1, 0.15) is 18.2 Å². The molecule has 0 spiro atoms. The maximum Gasteiger partial charge on any atom is 0.0911 e. The molecule has 0 aliphatic carbocycles. The predicted octanol–water partition coefficient (Wildman–Crippen LogP) is 2.54. The van der Waals surface area contributed by atoms with Crippen LogP contribution in [-0.4, -0.2) is 10.7 Å². The van der Waals surface area contributed by atoms with Crippen molar-refractivity contribution in [3.8, 4) is 12.3 Å². The first-order chi connectivity index (χ1) is 6.14. The van der Waals surface area contributed by atoms with Crippen LogP contribution >= 0.6 is 11.3 Å². The summed E-state index contributed by atoms with van der Waals surface area (Å²) in [5.41, 5.74) is -0.890. The Kier molecular flexibility index (Phi) is 3.30. The van der Waals surface area contributed by atoms with Gasteiger partial charge in [-0.25, -0.2) is 0 Å². The van der Waals surface area contributed by atoms with Crippen LogP contribution in [0, 0.1) is 12.3 Å². The highest BCUT2D eigenvalue weighted by molar-refractivity contribution is 7.10. The van der Waals surface area contributed by atoms with Crippen molar-refractivity contribution in [2.45, 2.75) is 18.9 Å². The van der Waals surface area contributed by atoms with Gasteiger partial charge in [-0.1, -0.05) is 12.1 Å². The highest BCUT2D eigenvalue weighted by Crippen LogP contribution is 2.15. The fraction of sp³-hybridized carbons (Fsp3) is 0.273. The van der Waals surface area contributed by atoms with E-state index < -0.39 is 5.60 Å². The molecule has 1 N–H and O–H groups in total. The SMILES string of the molecule is C#CCC(C)(O)/C=C/c1cccs1. The van der Waals surface area contributed by atoms with Gasteiger partial charge >= 0.3 is 0 Å². The summed E-state index contributed by atoms with van der Waals surface area (Å²) in [4.78, 5) is 1.12. The van der Waals surface area contributed by atoms with Gasteiger partial charge in [-0.05, 0) is 24.4 Å². The first-order valence-electron chi connectivity index (χ1n) is 4.03. The van der Waals surface area contributed by atoms with Gasteiger partial charge in [-0.3, -0.25) is 0 Å². The lowest BCUT2D eigenvalue weighted by molar-refractivity contribution is 0.118. The van der Waals surface area contributed by atoms with Crippen LogP contribution in [0.2, 0.25) is 0 Å². The quantitative estimate of drug-likeness (QED) is 0.730. The van der Waals surface area contributed by atoms with Crippen LogP contribution in [0.25, 0.3) is 6.08 Å². The molecule has 2 heteroatoms. The third-order valence-electron chi connectivity index (χ3n) is 1.61. The first-order valence-corrected chi connectivity index (χ1v) is 4.90. The van der Waals surface area contributed by atoms with Gasteiger partial charge < -0.3 is 5.11 Å². The minimum Gasteiger partial charge on any atom is -0.385 e. The zero-order valence-corrected chi connectivity index (χ0v) is 8.34. The van der Waals surface area contributed by atoms with E-state index in [1.54, 1.807) is 24.3 Å². The van der Waals surface area contributed by atoms with Crippen molar-refractivity contribution in [3.63, 3.8) is 0 Å². The third kappa shape index (κ3) is 3.45. The number of hydrogen-bond donors (Lipinski definition) is 1. The van der Waals surface area contributed by atoms with Crippen LogP contribution in [-0.2, 0) is 0 Å². The van der Waals surface area contributed by atoms with Gasteiger partial charge in [-0.2, -0.15) is 0 Å². The topological polar surface area (TPSA) is 20.2 Å². The maximum absolute atomic E-state index is 9.69. The Morgan fingerprint density at radius 1 is 1.77 bits per heavy atom. The molecule has 0 aliphatic rings. The van der Waals surface area contributed by atoms with Crippen molar-refractivity contribution in [2.75, 3.05) is 0 Å². The smallest absolute Gasteiger partial charge is 0.0911 e. The monoisotopic (exact) mass is 192 g/mol. The standard InChI is InChI=1S/C11H12OS/c1-3-7-11(2,12)8-6-10-5-4-9-13-10/h1,4-6,8-9,12H,7H2,2H3/b8-6+. The Morgan fingerprint density at radius 3 is 3.08 bits per heavy atom. The van der Waals surface area contributed by atoms with Crippen molar-refractivity contribution < 1.29 is 5.11 Å². The largest absolute Gasteiger partial charge is 0.385 e. The van der Waals surface area contributed by atoms with Gasteiger partial charge in [0.15, 0.2) is 0 Å². The van der Waals surface area contributed by atoms with E-state index >= 15 is 0 Å². The van der Waals surface area contributed by atoms with Gasteiger partial charge in [-0.15, -0.1) is 23.7 Å². The van der Waals surface area contributed by atoms with Crippen molar-refractivity contribution in [2.24, 2.45) is 0 Å². The van der Waals surface area contributed by atoms with Crippen molar-refractivity contribution in [1.82, 2.24) is 0 Å². The van der Waals surface area contributed by atoms with Crippen LogP contribution in [0.4, 0.5) is 0 Å². The average Bonchev–Trinajstić information content (AvgIpc) is 2.52. The van der Waals surface area contributed by atoms with E-state index in [4.69, 9.17) is 6.42 Å². The molecule has 1 rings (SSSR count). The van der Waals surface area contributed by atoms with E-state index in [9.17, 15) is 5.11 Å². The molecule has 0 bridgehead atoms. The molecule has 0 aliphatic heterocycles. The van der Waals surface area contributed by atoms with E-state index in [1.165, 1.54) is 0 Å². The summed E-state index contributed by atoms with van der Waals surface area (Å²) < 4.78 is 0. The predicted molar refractivity (Wildman–Crippen MR) is 57.4 cm³/mol. The van der Waals surface area contributed by atoms with E-state index in [2.05, 4.69) is 5.92 Å². The molecule has 68 valence electrons. The number of aliphatic hydroxyl groups is 1. The molecule has 0 aromatic carbocycles. The molecule has 1 atom stereocenters. The Balaban J connectivity index is 2.63. The van der Waals surface area contributed by atoms with Gasteiger partial charge in [0.25, 0.3) is 0 Å². The fourth-order valence-corrected chi connectivity index (χ4v) is 1.53. The molecule has 1 aromatic rings. The van der Waals surface area contributed by atoms with Crippen molar-refractivity contribution in [1.29, 1.82) is 0 Å². The molecule has 1 aromatic heterocycles.